The highest BCUT2D eigenvalue weighted by Crippen LogP contribution is 2.19. The van der Waals surface area contributed by atoms with E-state index in [1.54, 1.807) is 18.2 Å². The molecule has 3 rings (SSSR count). The average molecular weight is 298 g/mol. The molecular weight excluding hydrogens is 287 g/mol. The molecule has 1 heterocycles. The molecule has 0 aliphatic heterocycles. The van der Waals surface area contributed by atoms with E-state index in [-0.39, 0.29) is 11.3 Å². The van der Waals surface area contributed by atoms with Crippen LogP contribution in [-0.2, 0) is 4.74 Å². The van der Waals surface area contributed by atoms with Gasteiger partial charge in [-0.1, -0.05) is 24.3 Å². The van der Waals surface area contributed by atoms with Crippen LogP contribution in [0.4, 0.5) is 4.39 Å². The van der Waals surface area contributed by atoms with E-state index in [2.05, 4.69) is 0 Å². The zero-order valence-electron chi connectivity index (χ0n) is 11.4. The molecule has 0 aliphatic carbocycles. The van der Waals surface area contributed by atoms with Crippen LogP contribution in [0.25, 0.3) is 11.0 Å². The van der Waals surface area contributed by atoms with E-state index in [1.807, 2.05) is 12.1 Å². The zero-order valence-corrected chi connectivity index (χ0v) is 11.4. The predicted octanol–water partition coefficient (Wildman–Crippen LogP) is 3.61. The molecule has 3 aromatic rings. The number of para-hydroxylation sites is 1. The van der Waals surface area contributed by atoms with Gasteiger partial charge in [0.2, 0.25) is 5.78 Å². The van der Waals surface area contributed by atoms with Gasteiger partial charge in [-0.05, 0) is 30.3 Å². The third-order valence-corrected chi connectivity index (χ3v) is 3.10. The smallest absolute Gasteiger partial charge is 0.338 e. The van der Waals surface area contributed by atoms with Gasteiger partial charge >= 0.3 is 5.97 Å². The Bertz CT molecular complexity index is 817. The largest absolute Gasteiger partial charge is 0.454 e. The lowest BCUT2D eigenvalue weighted by Gasteiger charge is -2.02. The highest BCUT2D eigenvalue weighted by Gasteiger charge is 2.15. The van der Waals surface area contributed by atoms with Crippen LogP contribution < -0.4 is 0 Å². The van der Waals surface area contributed by atoms with Crippen molar-refractivity contribution < 1.29 is 23.1 Å². The Morgan fingerprint density at radius 3 is 2.64 bits per heavy atom. The minimum atomic E-state index is -0.760. The number of carbonyl (C=O) groups excluding carboxylic acids is 2. The molecule has 0 saturated heterocycles. The summed E-state index contributed by atoms with van der Waals surface area (Å²) in [6.45, 7) is -0.463. The van der Waals surface area contributed by atoms with Gasteiger partial charge in [0.1, 0.15) is 11.4 Å². The first-order valence-corrected chi connectivity index (χ1v) is 6.58. The topological polar surface area (TPSA) is 56.5 Å². The van der Waals surface area contributed by atoms with Crippen molar-refractivity contribution in [1.29, 1.82) is 0 Å². The van der Waals surface area contributed by atoms with Crippen molar-refractivity contribution in [1.82, 2.24) is 0 Å². The lowest BCUT2D eigenvalue weighted by molar-refractivity contribution is 0.0468. The van der Waals surface area contributed by atoms with E-state index in [0.29, 0.717) is 5.58 Å². The molecule has 1 aromatic heterocycles. The van der Waals surface area contributed by atoms with Gasteiger partial charge in [0.05, 0.1) is 5.56 Å². The fourth-order valence-corrected chi connectivity index (χ4v) is 2.02. The fraction of sp³-hybridized carbons (Fsp3) is 0.0588. The fourth-order valence-electron chi connectivity index (χ4n) is 2.02. The van der Waals surface area contributed by atoms with Crippen molar-refractivity contribution in [3.8, 4) is 0 Å². The van der Waals surface area contributed by atoms with Crippen molar-refractivity contribution in [2.75, 3.05) is 6.61 Å². The van der Waals surface area contributed by atoms with Gasteiger partial charge in [0.15, 0.2) is 12.4 Å². The molecule has 4 nitrogen and oxygen atoms in total. The number of furan rings is 1. The second-order valence-corrected chi connectivity index (χ2v) is 4.66. The maximum atomic E-state index is 13.0. The summed E-state index contributed by atoms with van der Waals surface area (Å²) in [6.07, 6.45) is 0. The molecule has 22 heavy (non-hydrogen) atoms. The van der Waals surface area contributed by atoms with Gasteiger partial charge in [-0.25, -0.2) is 9.18 Å². The summed E-state index contributed by atoms with van der Waals surface area (Å²) in [4.78, 5) is 23.7. The molecule has 0 bridgehead atoms. The summed E-state index contributed by atoms with van der Waals surface area (Å²) >= 11 is 0. The zero-order chi connectivity index (χ0) is 15.5. The SMILES string of the molecule is O=C(OCC(=O)c1cc2ccccc2o1)c1cccc(F)c1. The standard InChI is InChI=1S/C17H11FO4/c18-13-6-3-5-12(8-13)17(20)21-10-14(19)16-9-11-4-1-2-7-15(11)22-16/h1-9H,10H2. The van der Waals surface area contributed by atoms with E-state index < -0.39 is 24.2 Å². The number of carbonyl (C=O) groups is 2. The van der Waals surface area contributed by atoms with Crippen LogP contribution in [0, 0.1) is 5.82 Å². The molecule has 0 atom stereocenters. The molecule has 0 fully saturated rings. The quantitative estimate of drug-likeness (QED) is 0.545. The Morgan fingerprint density at radius 1 is 1.05 bits per heavy atom. The van der Waals surface area contributed by atoms with Gasteiger partial charge < -0.3 is 9.15 Å². The number of fused-ring (bicyclic) bond motifs is 1. The number of hydrogen-bond acceptors (Lipinski definition) is 4. The molecule has 0 aliphatic rings. The van der Waals surface area contributed by atoms with E-state index in [4.69, 9.17) is 9.15 Å². The number of esters is 1. The summed E-state index contributed by atoms with van der Waals surface area (Å²) in [5.74, 6) is -1.64. The van der Waals surface area contributed by atoms with Crippen molar-refractivity contribution >= 4 is 22.7 Å². The Morgan fingerprint density at radius 2 is 1.86 bits per heavy atom. The van der Waals surface area contributed by atoms with Crippen molar-refractivity contribution in [2.45, 2.75) is 0 Å². The number of rotatable bonds is 4. The minimum Gasteiger partial charge on any atom is -0.454 e. The van der Waals surface area contributed by atoms with Gasteiger partial charge in [0, 0.05) is 5.39 Å². The van der Waals surface area contributed by atoms with Crippen LogP contribution in [0.15, 0.2) is 59.0 Å². The third kappa shape index (κ3) is 2.88. The molecule has 2 aromatic carbocycles. The monoisotopic (exact) mass is 298 g/mol. The lowest BCUT2D eigenvalue weighted by atomic mass is 10.2. The van der Waals surface area contributed by atoms with E-state index in [1.165, 1.54) is 18.2 Å². The Balaban J connectivity index is 1.68. The molecule has 0 unspecified atom stereocenters. The van der Waals surface area contributed by atoms with Crippen LogP contribution in [-0.4, -0.2) is 18.4 Å². The van der Waals surface area contributed by atoms with Crippen molar-refractivity contribution in [3.63, 3.8) is 0 Å². The first-order chi connectivity index (χ1) is 10.6. The van der Waals surface area contributed by atoms with Crippen LogP contribution in [0.5, 0.6) is 0 Å². The molecule has 0 spiro atoms. The highest BCUT2D eigenvalue weighted by atomic mass is 19.1. The predicted molar refractivity (Wildman–Crippen MR) is 77.2 cm³/mol. The summed E-state index contributed by atoms with van der Waals surface area (Å²) in [6, 6.07) is 13.8. The van der Waals surface area contributed by atoms with Gasteiger partial charge in [-0.2, -0.15) is 0 Å². The number of hydrogen-bond donors (Lipinski definition) is 0. The Labute approximate surface area is 125 Å². The summed E-state index contributed by atoms with van der Waals surface area (Å²) in [7, 11) is 0. The van der Waals surface area contributed by atoms with Crippen LogP contribution in [0.2, 0.25) is 0 Å². The van der Waals surface area contributed by atoms with Crippen LogP contribution >= 0.6 is 0 Å². The molecule has 0 saturated carbocycles. The second-order valence-electron chi connectivity index (χ2n) is 4.66. The van der Waals surface area contributed by atoms with E-state index >= 15 is 0 Å². The summed E-state index contributed by atoms with van der Waals surface area (Å²) in [5, 5.41) is 0.794. The van der Waals surface area contributed by atoms with Crippen LogP contribution in [0.1, 0.15) is 20.9 Å². The van der Waals surface area contributed by atoms with Gasteiger partial charge in [-0.15, -0.1) is 0 Å². The number of ketones is 1. The second kappa shape index (κ2) is 5.81. The normalized spacial score (nSPS) is 10.6. The van der Waals surface area contributed by atoms with Crippen molar-refractivity contribution in [2.24, 2.45) is 0 Å². The summed E-state index contributed by atoms with van der Waals surface area (Å²) < 4.78 is 23.3. The minimum absolute atomic E-state index is 0.0532. The first kappa shape index (κ1) is 14.0. The van der Waals surface area contributed by atoms with Crippen molar-refractivity contribution in [3.05, 3.63) is 71.7 Å². The first-order valence-electron chi connectivity index (χ1n) is 6.58. The Kier molecular flexibility index (Phi) is 3.70. The number of ether oxygens (including phenoxy) is 1. The number of Topliss-reactive ketones (excluding diaryl/α,β-unsaturated/α-hetero) is 1. The van der Waals surface area contributed by atoms with E-state index in [0.717, 1.165) is 11.5 Å². The van der Waals surface area contributed by atoms with E-state index in [9.17, 15) is 14.0 Å². The lowest BCUT2D eigenvalue weighted by Crippen LogP contribution is -2.13. The molecule has 5 heteroatoms. The molecule has 110 valence electrons. The average Bonchev–Trinajstić information content (AvgIpc) is 2.96. The molecule has 0 radical (unpaired) electrons. The number of halogens is 1. The molecular formula is C17H11FO4. The third-order valence-electron chi connectivity index (χ3n) is 3.10. The maximum absolute atomic E-state index is 13.0. The highest BCUT2D eigenvalue weighted by molar-refractivity contribution is 6.00. The van der Waals surface area contributed by atoms with Gasteiger partial charge in [0.25, 0.3) is 0 Å². The molecule has 0 amide bonds. The Hall–Kier alpha value is -2.95. The maximum Gasteiger partial charge on any atom is 0.338 e. The number of benzene rings is 2. The molecule has 0 N–H and O–H groups in total. The van der Waals surface area contributed by atoms with Crippen LogP contribution in [0.3, 0.4) is 0 Å². The summed E-state index contributed by atoms with van der Waals surface area (Å²) in [5.41, 5.74) is 0.639. The van der Waals surface area contributed by atoms with Gasteiger partial charge in [-0.3, -0.25) is 4.79 Å².